The molecule has 0 fully saturated rings. The van der Waals surface area contributed by atoms with Crippen LogP contribution < -0.4 is 5.32 Å². The number of rotatable bonds is 4. The van der Waals surface area contributed by atoms with Crippen LogP contribution in [-0.4, -0.2) is 61.8 Å². The maximum Gasteiger partial charge on any atom is 0.292 e. The van der Waals surface area contributed by atoms with Crippen molar-refractivity contribution in [3.05, 3.63) is 0 Å². The van der Waals surface area contributed by atoms with Crippen LogP contribution in [0.4, 0.5) is 0 Å². The highest BCUT2D eigenvalue weighted by atomic mass is 16.4. The molecule has 0 aliphatic carbocycles. The van der Waals surface area contributed by atoms with Crippen LogP contribution in [0.2, 0.25) is 10.4 Å². The quantitative estimate of drug-likeness (QED) is 0.476. The number of carbonyl (C=O) groups is 1. The Balaban J connectivity index is 4.99. The highest BCUT2D eigenvalue weighted by Gasteiger charge is 2.46. The second-order valence-electron chi connectivity index (χ2n) is 6.77. The van der Waals surface area contributed by atoms with Crippen LogP contribution in [-0.2, 0) is 4.79 Å². The molecular formula is C8H22B5NO2. The number of aliphatic carboxylic acids is 1. The summed E-state index contributed by atoms with van der Waals surface area (Å²) in [5, 5.41) is 11.7. The van der Waals surface area contributed by atoms with Crippen LogP contribution in [0, 0.1) is 0 Å². The molecule has 0 aromatic heterocycles. The summed E-state index contributed by atoms with van der Waals surface area (Å²) >= 11 is 0. The molecule has 0 aliphatic rings. The van der Waals surface area contributed by atoms with E-state index in [2.05, 4.69) is 33.9 Å². The molecule has 86 valence electrons. The third-order valence-electron chi connectivity index (χ3n) is 3.88. The molecule has 0 aromatic rings. The molecule has 0 amide bonds. The summed E-state index contributed by atoms with van der Waals surface area (Å²) in [5.74, 6) is -0.626. The van der Waals surface area contributed by atoms with Gasteiger partial charge in [0.2, 0.25) is 0 Å². The average molecular weight is 218 g/mol. The Bertz CT molecular complexity index is 274. The zero-order valence-corrected chi connectivity index (χ0v) is 11.9. The lowest BCUT2D eigenvalue weighted by atomic mass is 9.26. The minimum Gasteiger partial charge on any atom is -0.482 e. The SMILES string of the molecule is BC(NC(C)(C)C)C(B)(B)C(B)(B)C(=O)O. The zero-order valence-electron chi connectivity index (χ0n) is 11.9. The molecule has 0 spiro atoms. The number of carboxylic acids is 1. The molecule has 3 nitrogen and oxygen atoms in total. The van der Waals surface area contributed by atoms with Crippen molar-refractivity contribution in [2.24, 2.45) is 0 Å². The lowest BCUT2D eigenvalue weighted by Gasteiger charge is -2.46. The minimum absolute atomic E-state index is 0.00866. The van der Waals surface area contributed by atoms with Crippen LogP contribution in [0.15, 0.2) is 0 Å². The molecule has 0 bridgehead atoms. The van der Waals surface area contributed by atoms with E-state index in [-0.39, 0.29) is 16.7 Å². The van der Waals surface area contributed by atoms with Crippen LogP contribution in [0.3, 0.4) is 0 Å². The van der Waals surface area contributed by atoms with E-state index in [0.29, 0.717) is 0 Å². The molecular weight excluding hydrogens is 196 g/mol. The molecule has 0 heterocycles. The van der Waals surface area contributed by atoms with Crippen LogP contribution >= 0.6 is 0 Å². The number of hydrogen-bond acceptors (Lipinski definition) is 2. The van der Waals surface area contributed by atoms with Gasteiger partial charge in [0.1, 0.15) is 23.5 Å². The summed E-state index contributed by atoms with van der Waals surface area (Å²) in [6, 6.07) is 0. The molecule has 1 unspecified atom stereocenters. The molecule has 0 aliphatic heterocycles. The number of carboxylic acid groups (broad SMARTS) is 1. The molecule has 0 saturated heterocycles. The van der Waals surface area contributed by atoms with Gasteiger partial charge in [0.15, 0.2) is 0 Å². The monoisotopic (exact) mass is 219 g/mol. The predicted molar refractivity (Wildman–Crippen MR) is 82.4 cm³/mol. The second kappa shape index (κ2) is 4.56. The summed E-state index contributed by atoms with van der Waals surface area (Å²) in [6.07, 6.45) is 0. The van der Waals surface area contributed by atoms with Crippen molar-refractivity contribution < 1.29 is 9.90 Å². The summed E-state index contributed by atoms with van der Waals surface area (Å²) < 4.78 is 0. The maximum atomic E-state index is 11.3. The van der Waals surface area contributed by atoms with Gasteiger partial charge >= 0.3 is 0 Å². The number of hydrogen-bond donors (Lipinski definition) is 2. The van der Waals surface area contributed by atoms with E-state index in [1.54, 1.807) is 15.7 Å². The normalized spacial score (nSPS) is 15.7. The summed E-state index contributed by atoms with van der Waals surface area (Å²) in [4.78, 5) is 11.3. The lowest BCUT2D eigenvalue weighted by molar-refractivity contribution is -0.138. The fraction of sp³-hybridized carbons (Fsp3) is 0.875. The van der Waals surface area contributed by atoms with Crippen molar-refractivity contribution in [1.82, 2.24) is 5.32 Å². The van der Waals surface area contributed by atoms with Crippen molar-refractivity contribution in [1.29, 1.82) is 0 Å². The van der Waals surface area contributed by atoms with Crippen molar-refractivity contribution in [2.45, 2.75) is 42.7 Å². The van der Waals surface area contributed by atoms with Gasteiger partial charge in [-0.05, 0) is 26.7 Å². The Kier molecular flexibility index (Phi) is 4.49. The Labute approximate surface area is 104 Å². The topological polar surface area (TPSA) is 49.3 Å². The molecule has 0 aromatic carbocycles. The average Bonchev–Trinajstić information content (AvgIpc) is 1.99. The van der Waals surface area contributed by atoms with E-state index >= 15 is 0 Å². The van der Waals surface area contributed by atoms with Gasteiger partial charge in [-0.1, -0.05) is 5.21 Å². The van der Waals surface area contributed by atoms with Gasteiger partial charge in [-0.15, -0.1) is 0 Å². The highest BCUT2D eigenvalue weighted by Crippen LogP contribution is 2.44. The molecule has 8 heteroatoms. The molecule has 0 saturated carbocycles. The zero-order chi connectivity index (χ0) is 13.4. The predicted octanol–water partition coefficient (Wildman–Crippen LogP) is -3.82. The van der Waals surface area contributed by atoms with Crippen molar-refractivity contribution in [3.63, 3.8) is 0 Å². The Morgan fingerprint density at radius 1 is 1.19 bits per heavy atom. The van der Waals surface area contributed by atoms with Gasteiger partial charge in [-0.3, -0.25) is 4.79 Å². The summed E-state index contributed by atoms with van der Waals surface area (Å²) in [5.41, 5.74) is -0.00866. The van der Waals surface area contributed by atoms with Gasteiger partial charge < -0.3 is 10.4 Å². The van der Waals surface area contributed by atoms with E-state index in [1.807, 2.05) is 15.7 Å². The Morgan fingerprint density at radius 3 is 1.81 bits per heavy atom. The van der Waals surface area contributed by atoms with Crippen LogP contribution in [0.25, 0.3) is 0 Å². The van der Waals surface area contributed by atoms with Gasteiger partial charge in [0, 0.05) is 10.8 Å². The van der Waals surface area contributed by atoms with Crippen LogP contribution in [0.1, 0.15) is 20.8 Å². The second-order valence-corrected chi connectivity index (χ2v) is 6.77. The van der Waals surface area contributed by atoms with E-state index < -0.39 is 11.2 Å². The van der Waals surface area contributed by atoms with Crippen molar-refractivity contribution >= 4 is 45.2 Å². The van der Waals surface area contributed by atoms with Crippen molar-refractivity contribution in [2.75, 3.05) is 0 Å². The first-order valence-corrected chi connectivity index (χ1v) is 5.83. The van der Waals surface area contributed by atoms with E-state index in [0.717, 1.165) is 0 Å². The van der Waals surface area contributed by atoms with E-state index in [4.69, 9.17) is 0 Å². The highest BCUT2D eigenvalue weighted by molar-refractivity contribution is 6.62. The largest absolute Gasteiger partial charge is 0.482 e. The van der Waals surface area contributed by atoms with Crippen LogP contribution in [0.5, 0.6) is 0 Å². The fourth-order valence-electron chi connectivity index (χ4n) is 1.65. The third kappa shape index (κ3) is 3.37. The maximum absolute atomic E-state index is 11.3. The van der Waals surface area contributed by atoms with Gasteiger partial charge in [-0.2, -0.15) is 0 Å². The Hall–Kier alpha value is -0.245. The number of nitrogens with one attached hydrogen (secondary N) is 1. The fourth-order valence-corrected chi connectivity index (χ4v) is 1.65. The first-order valence-electron chi connectivity index (χ1n) is 5.83. The first-order chi connectivity index (χ1) is 6.82. The van der Waals surface area contributed by atoms with E-state index in [9.17, 15) is 9.90 Å². The van der Waals surface area contributed by atoms with Gasteiger partial charge in [0.25, 0.3) is 5.97 Å². The first kappa shape index (κ1) is 15.8. The summed E-state index contributed by atoms with van der Waals surface area (Å²) in [7, 11) is 9.64. The standard InChI is InChI=1S/C8H22B5NO2/c1-6(2,3)14-4(9)7(10,11)8(12,13)5(15)16/h4,14H,9-13H2,1-3H3,(H,15,16). The van der Waals surface area contributed by atoms with Gasteiger partial charge in [0.05, 0.1) is 15.7 Å². The molecule has 2 N–H and O–H groups in total. The lowest BCUT2D eigenvalue weighted by Crippen LogP contribution is -2.56. The Morgan fingerprint density at radius 2 is 1.56 bits per heavy atom. The van der Waals surface area contributed by atoms with Crippen molar-refractivity contribution in [3.8, 4) is 0 Å². The summed E-state index contributed by atoms with van der Waals surface area (Å²) in [6.45, 7) is 6.27. The molecule has 16 heavy (non-hydrogen) atoms. The molecule has 0 radical (unpaired) electrons. The smallest absolute Gasteiger partial charge is 0.292 e. The van der Waals surface area contributed by atoms with E-state index in [1.165, 1.54) is 0 Å². The molecule has 1 atom stereocenters. The minimum atomic E-state index is -0.759. The molecule has 0 rings (SSSR count). The van der Waals surface area contributed by atoms with Gasteiger partial charge in [-0.25, -0.2) is 0 Å². The third-order valence-corrected chi connectivity index (χ3v) is 3.88.